The number of amides is 1. The maximum atomic E-state index is 12.1. The van der Waals surface area contributed by atoms with Crippen molar-refractivity contribution in [3.8, 4) is 0 Å². The predicted octanol–water partition coefficient (Wildman–Crippen LogP) is 1.93. The minimum atomic E-state index is -0.364. The van der Waals surface area contributed by atoms with Crippen LogP contribution in [-0.4, -0.2) is 34.0 Å². The van der Waals surface area contributed by atoms with Crippen molar-refractivity contribution in [3.63, 3.8) is 0 Å². The monoisotopic (exact) mass is 279 g/mol. The van der Waals surface area contributed by atoms with Crippen molar-refractivity contribution < 1.29 is 4.79 Å². The average molecular weight is 279 g/mol. The largest absolute Gasteiger partial charge is 0.358 e. The zero-order valence-electron chi connectivity index (χ0n) is 13.2. The number of carbonyl (C=O) groups is 1. The summed E-state index contributed by atoms with van der Waals surface area (Å²) in [5.41, 5.74) is 0.657. The zero-order chi connectivity index (χ0) is 15.3. The van der Waals surface area contributed by atoms with E-state index in [4.69, 9.17) is 0 Å². The van der Waals surface area contributed by atoms with Gasteiger partial charge in [-0.3, -0.25) is 4.79 Å². The molecule has 1 amide bonds. The quantitative estimate of drug-likeness (QED) is 0.767. The minimum absolute atomic E-state index is 0.0551. The van der Waals surface area contributed by atoms with E-state index in [-0.39, 0.29) is 17.5 Å². The normalized spacial score (nSPS) is 12.7. The number of carbonyl (C=O) groups excluding carboxylic acids is 1. The third-order valence-electron chi connectivity index (χ3n) is 2.55. The van der Waals surface area contributed by atoms with Crippen molar-refractivity contribution >= 4 is 17.7 Å². The highest BCUT2D eigenvalue weighted by atomic mass is 16.2. The van der Waals surface area contributed by atoms with Crippen LogP contribution in [0.25, 0.3) is 0 Å². The second kappa shape index (κ2) is 6.54. The molecule has 0 saturated carbocycles. The van der Waals surface area contributed by atoms with E-state index in [2.05, 4.69) is 25.9 Å². The molecule has 1 aromatic rings. The van der Waals surface area contributed by atoms with Gasteiger partial charge >= 0.3 is 0 Å². The van der Waals surface area contributed by atoms with E-state index in [0.717, 1.165) is 12.1 Å². The lowest BCUT2D eigenvalue weighted by Gasteiger charge is -2.24. The van der Waals surface area contributed by atoms with Gasteiger partial charge in [0, 0.05) is 23.8 Å². The van der Waals surface area contributed by atoms with E-state index >= 15 is 0 Å². The van der Waals surface area contributed by atoms with Gasteiger partial charge < -0.3 is 16.0 Å². The summed E-state index contributed by atoms with van der Waals surface area (Å²) < 4.78 is 0. The van der Waals surface area contributed by atoms with Crippen LogP contribution >= 0.6 is 0 Å². The van der Waals surface area contributed by atoms with Crippen molar-refractivity contribution in [3.05, 3.63) is 11.8 Å². The fraction of sp³-hybridized carbons (Fsp3) is 0.643. The Labute approximate surface area is 120 Å². The van der Waals surface area contributed by atoms with Crippen LogP contribution in [0, 0.1) is 6.92 Å². The third-order valence-corrected chi connectivity index (χ3v) is 2.55. The molecule has 0 aliphatic carbocycles. The molecule has 0 aliphatic rings. The molecule has 0 saturated heterocycles. The van der Waals surface area contributed by atoms with Gasteiger partial charge in [-0.15, -0.1) is 0 Å². The molecule has 3 N–H and O–H groups in total. The van der Waals surface area contributed by atoms with Gasteiger partial charge in [0.1, 0.15) is 11.9 Å². The number of aromatic nitrogens is 2. The van der Waals surface area contributed by atoms with Crippen molar-refractivity contribution in [2.45, 2.75) is 53.1 Å². The van der Waals surface area contributed by atoms with E-state index in [9.17, 15) is 4.79 Å². The molecule has 0 spiro atoms. The maximum Gasteiger partial charge on any atom is 0.242 e. The van der Waals surface area contributed by atoms with Gasteiger partial charge in [-0.05, 0) is 41.5 Å². The number of nitrogens with one attached hydrogen (secondary N) is 3. The molecule has 0 aliphatic heterocycles. The number of nitrogens with zero attached hydrogens (tertiary/aromatic N) is 2. The summed E-state index contributed by atoms with van der Waals surface area (Å²) >= 11 is 0. The van der Waals surface area contributed by atoms with Gasteiger partial charge in [0.25, 0.3) is 0 Å². The van der Waals surface area contributed by atoms with Crippen molar-refractivity contribution in [2.75, 3.05) is 17.2 Å². The lowest BCUT2D eigenvalue weighted by molar-refractivity contribution is -0.122. The molecule has 20 heavy (non-hydrogen) atoms. The molecular weight excluding hydrogens is 254 g/mol. The van der Waals surface area contributed by atoms with Gasteiger partial charge in [-0.25, -0.2) is 4.98 Å². The Morgan fingerprint density at radius 1 is 1.40 bits per heavy atom. The Balaban J connectivity index is 2.76. The highest BCUT2D eigenvalue weighted by Gasteiger charge is 2.20. The van der Waals surface area contributed by atoms with Gasteiger partial charge in [-0.1, -0.05) is 0 Å². The summed E-state index contributed by atoms with van der Waals surface area (Å²) in [7, 11) is 0. The first kappa shape index (κ1) is 16.2. The smallest absolute Gasteiger partial charge is 0.242 e. The molecule has 1 heterocycles. The standard InChI is InChI=1S/C14H25N5O/c1-7-15-13-16-8-9(2)11(18-13)17-10(3)12(20)19-14(4,5)6/h8,10H,7H2,1-6H3,(H,19,20)(H2,15,16,17,18). The van der Waals surface area contributed by atoms with Crippen molar-refractivity contribution in [1.29, 1.82) is 0 Å². The van der Waals surface area contributed by atoms with Gasteiger partial charge in [-0.2, -0.15) is 4.98 Å². The number of aryl methyl sites for hydroxylation is 1. The second-order valence-electron chi connectivity index (χ2n) is 5.86. The number of hydrogen-bond acceptors (Lipinski definition) is 5. The molecule has 6 heteroatoms. The Hall–Kier alpha value is -1.85. The Bertz CT molecular complexity index is 467. The summed E-state index contributed by atoms with van der Waals surface area (Å²) in [6.07, 6.45) is 1.74. The van der Waals surface area contributed by atoms with Crippen LogP contribution in [0.4, 0.5) is 11.8 Å². The van der Waals surface area contributed by atoms with Crippen LogP contribution in [0.15, 0.2) is 6.20 Å². The minimum Gasteiger partial charge on any atom is -0.358 e. The second-order valence-corrected chi connectivity index (χ2v) is 5.86. The molecule has 0 aromatic carbocycles. The molecule has 1 aromatic heterocycles. The molecule has 112 valence electrons. The molecule has 6 nitrogen and oxygen atoms in total. The Morgan fingerprint density at radius 2 is 2.05 bits per heavy atom. The van der Waals surface area contributed by atoms with E-state index in [0.29, 0.717) is 11.8 Å². The van der Waals surface area contributed by atoms with Crippen LogP contribution in [0.3, 0.4) is 0 Å². The number of anilines is 2. The van der Waals surface area contributed by atoms with Gasteiger partial charge in [0.2, 0.25) is 11.9 Å². The summed E-state index contributed by atoms with van der Waals surface area (Å²) in [5.74, 6) is 1.18. The summed E-state index contributed by atoms with van der Waals surface area (Å²) in [5, 5.41) is 9.12. The van der Waals surface area contributed by atoms with Gasteiger partial charge in [0.05, 0.1) is 0 Å². The molecule has 0 bridgehead atoms. The average Bonchev–Trinajstić information content (AvgIpc) is 2.31. The lowest BCUT2D eigenvalue weighted by Crippen LogP contribution is -2.47. The topological polar surface area (TPSA) is 78.9 Å². The molecule has 1 unspecified atom stereocenters. The molecular formula is C14H25N5O. The van der Waals surface area contributed by atoms with E-state index in [1.165, 1.54) is 0 Å². The fourth-order valence-electron chi connectivity index (χ4n) is 1.58. The van der Waals surface area contributed by atoms with Crippen LogP contribution in [0.5, 0.6) is 0 Å². The van der Waals surface area contributed by atoms with Crippen molar-refractivity contribution in [1.82, 2.24) is 15.3 Å². The van der Waals surface area contributed by atoms with E-state index < -0.39 is 0 Å². The highest BCUT2D eigenvalue weighted by Crippen LogP contribution is 2.14. The third kappa shape index (κ3) is 5.03. The van der Waals surface area contributed by atoms with Crippen molar-refractivity contribution in [2.24, 2.45) is 0 Å². The first-order valence-electron chi connectivity index (χ1n) is 6.89. The highest BCUT2D eigenvalue weighted by molar-refractivity contribution is 5.84. The fourth-order valence-corrected chi connectivity index (χ4v) is 1.58. The predicted molar refractivity (Wildman–Crippen MR) is 81.9 cm³/mol. The summed E-state index contributed by atoms with van der Waals surface area (Å²) in [6.45, 7) is 12.3. The lowest BCUT2D eigenvalue weighted by atomic mass is 10.1. The maximum absolute atomic E-state index is 12.1. The SMILES string of the molecule is CCNc1ncc(C)c(NC(C)C(=O)NC(C)(C)C)n1. The van der Waals surface area contributed by atoms with Crippen LogP contribution < -0.4 is 16.0 Å². The Morgan fingerprint density at radius 3 is 2.60 bits per heavy atom. The first-order chi connectivity index (χ1) is 9.23. The summed E-state index contributed by atoms with van der Waals surface area (Å²) in [6, 6.07) is -0.364. The zero-order valence-corrected chi connectivity index (χ0v) is 13.2. The molecule has 0 fully saturated rings. The van der Waals surface area contributed by atoms with E-state index in [1.807, 2.05) is 41.5 Å². The molecule has 0 radical (unpaired) electrons. The number of hydrogen-bond donors (Lipinski definition) is 3. The Kier molecular flexibility index (Phi) is 5.30. The van der Waals surface area contributed by atoms with Crippen LogP contribution in [-0.2, 0) is 4.79 Å². The van der Waals surface area contributed by atoms with Crippen LogP contribution in [0.1, 0.15) is 40.2 Å². The molecule has 1 atom stereocenters. The first-order valence-corrected chi connectivity index (χ1v) is 6.89. The number of rotatable bonds is 5. The summed E-state index contributed by atoms with van der Waals surface area (Å²) in [4.78, 5) is 20.6. The van der Waals surface area contributed by atoms with Crippen LogP contribution in [0.2, 0.25) is 0 Å². The van der Waals surface area contributed by atoms with E-state index in [1.54, 1.807) is 6.20 Å². The molecule has 1 rings (SSSR count). The van der Waals surface area contributed by atoms with Gasteiger partial charge in [0.15, 0.2) is 0 Å².